The fraction of sp³-hybridized carbons (Fsp3) is 0. The van der Waals surface area contributed by atoms with Gasteiger partial charge in [-0.3, -0.25) is 10.1 Å². The summed E-state index contributed by atoms with van der Waals surface area (Å²) in [6, 6.07) is 15.2. The fourth-order valence-electron chi connectivity index (χ4n) is 1.98. The summed E-state index contributed by atoms with van der Waals surface area (Å²) >= 11 is 0. The molecule has 0 bridgehead atoms. The van der Waals surface area contributed by atoms with E-state index in [0.717, 1.165) is 11.3 Å². The molecule has 3 aromatic rings. The molecule has 0 unspecified atom stereocenters. The van der Waals surface area contributed by atoms with Crippen LogP contribution in [0.2, 0.25) is 0 Å². The summed E-state index contributed by atoms with van der Waals surface area (Å²) in [5.74, 6) is 1.14. The lowest BCUT2D eigenvalue weighted by Crippen LogP contribution is -1.91. The van der Waals surface area contributed by atoms with E-state index in [1.807, 2.05) is 24.3 Å². The Kier molecular flexibility index (Phi) is 3.74. The zero-order valence-corrected chi connectivity index (χ0v) is 11.4. The van der Waals surface area contributed by atoms with Crippen LogP contribution in [0, 0.1) is 10.1 Å². The highest BCUT2D eigenvalue weighted by Gasteiger charge is 2.09. The van der Waals surface area contributed by atoms with Gasteiger partial charge in [-0.15, -0.1) is 0 Å². The average molecular weight is 293 g/mol. The number of rotatable bonds is 4. The number of hydrogen-bond acceptors (Lipinski definition) is 5. The third-order valence-corrected chi connectivity index (χ3v) is 3.02. The van der Waals surface area contributed by atoms with E-state index in [2.05, 4.69) is 9.97 Å². The molecule has 6 heteroatoms. The van der Waals surface area contributed by atoms with Crippen LogP contribution in [0.25, 0.3) is 11.3 Å². The summed E-state index contributed by atoms with van der Waals surface area (Å²) in [5, 5.41) is 10.7. The molecule has 0 radical (unpaired) electrons. The summed E-state index contributed by atoms with van der Waals surface area (Å²) in [6.07, 6.45) is 3.13. The third-order valence-electron chi connectivity index (χ3n) is 3.02. The van der Waals surface area contributed by atoms with E-state index in [4.69, 9.17) is 4.74 Å². The molecule has 3 rings (SSSR count). The Morgan fingerprint density at radius 2 is 1.77 bits per heavy atom. The lowest BCUT2D eigenvalue weighted by Gasteiger charge is -2.10. The Hall–Kier alpha value is -3.28. The molecule has 0 aliphatic carbocycles. The number of nitro groups is 1. The van der Waals surface area contributed by atoms with Crippen LogP contribution < -0.4 is 4.74 Å². The van der Waals surface area contributed by atoms with Gasteiger partial charge in [0.05, 0.1) is 10.6 Å². The van der Waals surface area contributed by atoms with Gasteiger partial charge in [-0.1, -0.05) is 12.1 Å². The van der Waals surface area contributed by atoms with E-state index in [1.54, 1.807) is 24.4 Å². The third kappa shape index (κ3) is 2.90. The molecule has 108 valence electrons. The van der Waals surface area contributed by atoms with Gasteiger partial charge in [0.1, 0.15) is 17.8 Å². The predicted molar refractivity (Wildman–Crippen MR) is 80.6 cm³/mol. The van der Waals surface area contributed by atoms with Crippen molar-refractivity contribution in [1.82, 2.24) is 9.97 Å². The normalized spacial score (nSPS) is 10.2. The topological polar surface area (TPSA) is 78.2 Å². The van der Waals surface area contributed by atoms with Crippen LogP contribution >= 0.6 is 0 Å². The Bertz CT molecular complexity index is 789. The van der Waals surface area contributed by atoms with Crippen molar-refractivity contribution >= 4 is 5.69 Å². The van der Waals surface area contributed by atoms with Crippen LogP contribution in [0.1, 0.15) is 0 Å². The second-order valence-corrected chi connectivity index (χ2v) is 4.44. The number of ether oxygens (including phenoxy) is 1. The van der Waals surface area contributed by atoms with Crippen LogP contribution in [-0.4, -0.2) is 14.9 Å². The maximum Gasteiger partial charge on any atom is 0.269 e. The van der Waals surface area contributed by atoms with E-state index in [9.17, 15) is 10.1 Å². The number of aromatic nitrogens is 2. The Labute approximate surface area is 126 Å². The predicted octanol–water partition coefficient (Wildman–Crippen LogP) is 3.84. The molecular weight excluding hydrogens is 282 g/mol. The first-order chi connectivity index (χ1) is 10.7. The minimum Gasteiger partial charge on any atom is -0.457 e. The van der Waals surface area contributed by atoms with Gasteiger partial charge in [-0.05, 0) is 30.3 Å². The van der Waals surface area contributed by atoms with Crippen molar-refractivity contribution in [2.45, 2.75) is 0 Å². The van der Waals surface area contributed by atoms with Gasteiger partial charge in [0.15, 0.2) is 0 Å². The van der Waals surface area contributed by atoms with Gasteiger partial charge in [0.25, 0.3) is 5.69 Å². The first-order valence-electron chi connectivity index (χ1n) is 6.52. The van der Waals surface area contributed by atoms with Crippen LogP contribution in [0.3, 0.4) is 0 Å². The SMILES string of the molecule is O=[N+]([O-])c1ccc(Oc2ccccc2-c2ccncn2)cc1. The van der Waals surface area contributed by atoms with E-state index in [0.29, 0.717) is 11.5 Å². The molecular formula is C16H11N3O3. The van der Waals surface area contributed by atoms with Crippen LogP contribution in [-0.2, 0) is 0 Å². The van der Waals surface area contributed by atoms with Crippen LogP contribution in [0.4, 0.5) is 5.69 Å². The van der Waals surface area contributed by atoms with Crippen molar-refractivity contribution in [2.24, 2.45) is 0 Å². The van der Waals surface area contributed by atoms with Crippen molar-refractivity contribution in [3.05, 3.63) is 77.2 Å². The molecule has 1 heterocycles. The standard InChI is InChI=1S/C16H11N3O3/c20-19(21)12-5-7-13(8-6-12)22-16-4-2-1-3-14(16)15-9-10-17-11-18-15/h1-11H. The molecule has 0 aliphatic rings. The summed E-state index contributed by atoms with van der Waals surface area (Å²) in [6.45, 7) is 0. The molecule has 6 nitrogen and oxygen atoms in total. The molecule has 0 atom stereocenters. The van der Waals surface area contributed by atoms with E-state index < -0.39 is 4.92 Å². The maximum atomic E-state index is 10.7. The van der Waals surface area contributed by atoms with Crippen LogP contribution in [0.15, 0.2) is 67.1 Å². The summed E-state index contributed by atoms with van der Waals surface area (Å²) in [5.41, 5.74) is 1.59. The zero-order valence-electron chi connectivity index (χ0n) is 11.4. The van der Waals surface area contributed by atoms with Gasteiger partial charge in [0.2, 0.25) is 0 Å². The maximum absolute atomic E-state index is 10.7. The highest BCUT2D eigenvalue weighted by atomic mass is 16.6. The van der Waals surface area contributed by atoms with Crippen molar-refractivity contribution in [3.63, 3.8) is 0 Å². The minimum absolute atomic E-state index is 0.0245. The van der Waals surface area contributed by atoms with Crippen molar-refractivity contribution in [3.8, 4) is 22.8 Å². The quantitative estimate of drug-likeness (QED) is 0.539. The molecule has 0 fully saturated rings. The van der Waals surface area contributed by atoms with E-state index >= 15 is 0 Å². The Morgan fingerprint density at radius 3 is 2.45 bits per heavy atom. The second-order valence-electron chi connectivity index (χ2n) is 4.44. The van der Waals surface area contributed by atoms with Gasteiger partial charge in [-0.25, -0.2) is 9.97 Å². The average Bonchev–Trinajstić information content (AvgIpc) is 2.57. The smallest absolute Gasteiger partial charge is 0.269 e. The molecule has 2 aromatic carbocycles. The summed E-state index contributed by atoms with van der Waals surface area (Å²) in [7, 11) is 0. The summed E-state index contributed by atoms with van der Waals surface area (Å²) in [4.78, 5) is 18.3. The minimum atomic E-state index is -0.446. The number of nitro benzene ring substituents is 1. The molecule has 0 aliphatic heterocycles. The highest BCUT2D eigenvalue weighted by Crippen LogP contribution is 2.32. The molecule has 0 amide bonds. The molecule has 0 N–H and O–H groups in total. The number of benzene rings is 2. The lowest BCUT2D eigenvalue weighted by atomic mass is 10.1. The first kappa shape index (κ1) is 13.7. The zero-order chi connectivity index (χ0) is 15.4. The molecule has 1 aromatic heterocycles. The fourth-order valence-corrected chi connectivity index (χ4v) is 1.98. The largest absolute Gasteiger partial charge is 0.457 e. The van der Waals surface area contributed by atoms with Crippen molar-refractivity contribution in [2.75, 3.05) is 0 Å². The van der Waals surface area contributed by atoms with Crippen LogP contribution in [0.5, 0.6) is 11.5 Å². The Morgan fingerprint density at radius 1 is 1.00 bits per heavy atom. The van der Waals surface area contributed by atoms with E-state index in [1.165, 1.54) is 18.5 Å². The Balaban J connectivity index is 1.91. The molecule has 0 saturated carbocycles. The van der Waals surface area contributed by atoms with Gasteiger partial charge in [-0.2, -0.15) is 0 Å². The lowest BCUT2D eigenvalue weighted by molar-refractivity contribution is -0.384. The number of hydrogen-bond donors (Lipinski definition) is 0. The van der Waals surface area contributed by atoms with Gasteiger partial charge < -0.3 is 4.74 Å². The molecule has 0 spiro atoms. The second kappa shape index (κ2) is 6.01. The van der Waals surface area contributed by atoms with Gasteiger partial charge >= 0.3 is 0 Å². The van der Waals surface area contributed by atoms with Crippen molar-refractivity contribution < 1.29 is 9.66 Å². The van der Waals surface area contributed by atoms with E-state index in [-0.39, 0.29) is 5.69 Å². The molecule has 0 saturated heterocycles. The molecule has 22 heavy (non-hydrogen) atoms. The number of nitrogens with zero attached hydrogens (tertiary/aromatic N) is 3. The number of non-ortho nitro benzene ring substituents is 1. The number of para-hydroxylation sites is 1. The monoisotopic (exact) mass is 293 g/mol. The van der Waals surface area contributed by atoms with Gasteiger partial charge in [0, 0.05) is 23.9 Å². The summed E-state index contributed by atoms with van der Waals surface area (Å²) < 4.78 is 5.82. The highest BCUT2D eigenvalue weighted by molar-refractivity contribution is 5.67. The van der Waals surface area contributed by atoms with Crippen molar-refractivity contribution in [1.29, 1.82) is 0 Å². The first-order valence-corrected chi connectivity index (χ1v) is 6.52.